The van der Waals surface area contributed by atoms with Gasteiger partial charge in [-0.15, -0.1) is 0 Å². The Morgan fingerprint density at radius 1 is 1.20 bits per heavy atom. The molecular weight excluding hydrogens is 312 g/mol. The summed E-state index contributed by atoms with van der Waals surface area (Å²) in [5.74, 6) is 0.0374. The summed E-state index contributed by atoms with van der Waals surface area (Å²) in [5, 5.41) is 2.83. The number of para-hydroxylation sites is 1. The molecule has 0 atom stereocenters. The minimum atomic E-state index is -0.324. The van der Waals surface area contributed by atoms with Crippen molar-refractivity contribution >= 4 is 23.4 Å². The summed E-state index contributed by atoms with van der Waals surface area (Å²) < 4.78 is 0. The zero-order valence-corrected chi connectivity index (χ0v) is 14.1. The van der Waals surface area contributed by atoms with Crippen LogP contribution in [-0.2, 0) is 4.79 Å². The van der Waals surface area contributed by atoms with Gasteiger partial charge in [-0.1, -0.05) is 55.1 Å². The number of likely N-dealkylation sites (N-methyl/N-ethyl adjacent to an activating group) is 1. The van der Waals surface area contributed by atoms with E-state index in [0.29, 0.717) is 18.1 Å². The summed E-state index contributed by atoms with van der Waals surface area (Å²) in [6.07, 6.45) is 1.79. The predicted molar refractivity (Wildman–Crippen MR) is 102 cm³/mol. The van der Waals surface area contributed by atoms with Crippen molar-refractivity contribution in [3.05, 3.63) is 83.8 Å². The molecule has 0 bridgehead atoms. The topological polar surface area (TPSA) is 70.7 Å². The van der Waals surface area contributed by atoms with E-state index in [1.54, 1.807) is 6.08 Å². The molecule has 2 aromatic rings. The zero-order valence-electron chi connectivity index (χ0n) is 14.1. The van der Waals surface area contributed by atoms with Gasteiger partial charge in [-0.05, 0) is 23.3 Å². The Bertz CT molecular complexity index is 851. The second-order valence-corrected chi connectivity index (χ2v) is 5.79. The minimum Gasteiger partial charge on any atom is -0.383 e. The third-order valence-electron chi connectivity index (χ3n) is 4.01. The lowest BCUT2D eigenvalue weighted by Gasteiger charge is -2.26. The highest BCUT2D eigenvalue weighted by Crippen LogP contribution is 2.18. The van der Waals surface area contributed by atoms with E-state index < -0.39 is 0 Å². The Kier molecular flexibility index (Phi) is 4.66. The molecule has 0 saturated heterocycles. The molecule has 126 valence electrons. The summed E-state index contributed by atoms with van der Waals surface area (Å²) in [5.41, 5.74) is 9.80. The number of carbonyl (C=O) groups is 1. The van der Waals surface area contributed by atoms with E-state index >= 15 is 0 Å². The van der Waals surface area contributed by atoms with Gasteiger partial charge in [0.1, 0.15) is 5.82 Å². The molecule has 1 aliphatic rings. The number of rotatable bonds is 4. The number of aliphatic imine (C=N–C) groups is 1. The monoisotopic (exact) mass is 332 g/mol. The molecule has 2 aromatic carbocycles. The van der Waals surface area contributed by atoms with Crippen LogP contribution >= 0.6 is 0 Å². The smallest absolute Gasteiger partial charge is 0.278 e. The molecule has 5 nitrogen and oxygen atoms in total. The Labute approximate surface area is 147 Å². The van der Waals surface area contributed by atoms with E-state index in [9.17, 15) is 4.79 Å². The van der Waals surface area contributed by atoms with Crippen LogP contribution in [0, 0.1) is 0 Å². The average molecular weight is 332 g/mol. The molecular formula is C20H20N4O. The molecule has 0 radical (unpaired) electrons. The summed E-state index contributed by atoms with van der Waals surface area (Å²) in [7, 11) is 1.85. The molecule has 0 aromatic heterocycles. The van der Waals surface area contributed by atoms with Crippen LogP contribution in [-0.4, -0.2) is 30.1 Å². The van der Waals surface area contributed by atoms with Gasteiger partial charge in [0.15, 0.2) is 5.70 Å². The lowest BCUT2D eigenvalue weighted by atomic mass is 10.1. The highest BCUT2D eigenvalue weighted by Gasteiger charge is 2.23. The van der Waals surface area contributed by atoms with Gasteiger partial charge in [-0.2, -0.15) is 0 Å². The van der Waals surface area contributed by atoms with E-state index in [2.05, 4.69) is 16.9 Å². The van der Waals surface area contributed by atoms with Crippen molar-refractivity contribution in [2.75, 3.05) is 18.9 Å². The van der Waals surface area contributed by atoms with Gasteiger partial charge in [-0.3, -0.25) is 4.79 Å². The first kappa shape index (κ1) is 16.5. The van der Waals surface area contributed by atoms with Gasteiger partial charge in [0, 0.05) is 12.7 Å². The van der Waals surface area contributed by atoms with Crippen LogP contribution in [0.2, 0.25) is 0 Å². The first-order valence-electron chi connectivity index (χ1n) is 7.96. The number of hydrogen-bond donors (Lipinski definition) is 2. The summed E-state index contributed by atoms with van der Waals surface area (Å²) >= 11 is 0. The quantitative estimate of drug-likeness (QED) is 0.904. The van der Waals surface area contributed by atoms with Gasteiger partial charge in [0.2, 0.25) is 0 Å². The van der Waals surface area contributed by atoms with Crippen molar-refractivity contribution < 1.29 is 4.79 Å². The molecule has 0 unspecified atom stereocenters. The fraction of sp³-hybridized carbons (Fsp3) is 0.100. The molecule has 3 rings (SSSR count). The van der Waals surface area contributed by atoms with Crippen LogP contribution < -0.4 is 11.1 Å². The fourth-order valence-electron chi connectivity index (χ4n) is 2.56. The van der Waals surface area contributed by atoms with E-state index in [4.69, 9.17) is 5.73 Å². The van der Waals surface area contributed by atoms with Crippen molar-refractivity contribution in [2.24, 2.45) is 10.7 Å². The molecule has 0 aliphatic carbocycles. The third-order valence-corrected chi connectivity index (χ3v) is 4.01. The highest BCUT2D eigenvalue weighted by molar-refractivity contribution is 6.10. The average Bonchev–Trinajstić information content (AvgIpc) is 2.64. The molecule has 1 amide bonds. The number of benzene rings is 2. The van der Waals surface area contributed by atoms with Crippen LogP contribution in [0.25, 0.3) is 6.08 Å². The molecule has 25 heavy (non-hydrogen) atoms. The lowest BCUT2D eigenvalue weighted by Crippen LogP contribution is -2.37. The molecule has 0 spiro atoms. The van der Waals surface area contributed by atoms with E-state index in [-0.39, 0.29) is 11.6 Å². The SMILES string of the molecule is C=Cc1ccc(C2=NC(C(=O)Nc3ccccc3)=C(N)N(C)C2)cc1. The van der Waals surface area contributed by atoms with Gasteiger partial charge in [0.25, 0.3) is 5.91 Å². The maximum atomic E-state index is 12.6. The first-order valence-corrected chi connectivity index (χ1v) is 7.96. The molecule has 0 saturated carbocycles. The standard InChI is InChI=1S/C20H20N4O/c1-3-14-9-11-15(12-10-14)17-13-24(2)19(21)18(23-17)20(25)22-16-7-5-4-6-8-16/h3-12H,1,13,21H2,2H3,(H,22,25). The minimum absolute atomic E-state index is 0.223. The van der Waals surface area contributed by atoms with Crippen molar-refractivity contribution in [1.29, 1.82) is 0 Å². The summed E-state index contributed by atoms with van der Waals surface area (Å²) in [4.78, 5) is 19.0. The van der Waals surface area contributed by atoms with Crippen LogP contribution in [0.3, 0.4) is 0 Å². The molecule has 0 fully saturated rings. The van der Waals surface area contributed by atoms with Crippen molar-refractivity contribution in [2.45, 2.75) is 0 Å². The lowest BCUT2D eigenvalue weighted by molar-refractivity contribution is -0.113. The summed E-state index contributed by atoms with van der Waals surface area (Å²) in [6, 6.07) is 17.1. The predicted octanol–water partition coefficient (Wildman–Crippen LogP) is 2.83. The zero-order chi connectivity index (χ0) is 17.8. The number of anilines is 1. The second kappa shape index (κ2) is 7.05. The molecule has 3 N–H and O–H groups in total. The Morgan fingerprint density at radius 2 is 1.88 bits per heavy atom. The third kappa shape index (κ3) is 3.61. The maximum Gasteiger partial charge on any atom is 0.278 e. The molecule has 1 heterocycles. The fourth-order valence-corrected chi connectivity index (χ4v) is 2.56. The van der Waals surface area contributed by atoms with Gasteiger partial charge >= 0.3 is 0 Å². The number of carbonyl (C=O) groups excluding carboxylic acids is 1. The largest absolute Gasteiger partial charge is 0.383 e. The molecule has 1 aliphatic heterocycles. The van der Waals surface area contributed by atoms with Crippen LogP contribution in [0.5, 0.6) is 0 Å². The van der Waals surface area contributed by atoms with Crippen LogP contribution in [0.15, 0.2) is 77.7 Å². The van der Waals surface area contributed by atoms with Crippen molar-refractivity contribution in [3.8, 4) is 0 Å². The van der Waals surface area contributed by atoms with E-state index in [0.717, 1.165) is 16.8 Å². The first-order chi connectivity index (χ1) is 12.1. The highest BCUT2D eigenvalue weighted by atomic mass is 16.2. The Balaban J connectivity index is 1.90. The normalized spacial score (nSPS) is 14.1. The van der Waals surface area contributed by atoms with E-state index in [1.807, 2.05) is 66.5 Å². The number of hydrogen-bond acceptors (Lipinski definition) is 4. The van der Waals surface area contributed by atoms with Crippen LogP contribution in [0.4, 0.5) is 5.69 Å². The summed E-state index contributed by atoms with van der Waals surface area (Å²) in [6.45, 7) is 4.30. The Hall–Kier alpha value is -3.34. The number of nitrogens with zero attached hydrogens (tertiary/aromatic N) is 2. The number of nitrogens with one attached hydrogen (secondary N) is 1. The van der Waals surface area contributed by atoms with E-state index in [1.165, 1.54) is 0 Å². The van der Waals surface area contributed by atoms with Crippen LogP contribution in [0.1, 0.15) is 11.1 Å². The van der Waals surface area contributed by atoms with Gasteiger partial charge in [0.05, 0.1) is 12.3 Å². The van der Waals surface area contributed by atoms with Crippen molar-refractivity contribution in [3.63, 3.8) is 0 Å². The maximum absolute atomic E-state index is 12.6. The number of amides is 1. The second-order valence-electron chi connectivity index (χ2n) is 5.79. The number of nitrogens with two attached hydrogens (primary N) is 1. The van der Waals surface area contributed by atoms with Gasteiger partial charge in [-0.25, -0.2) is 4.99 Å². The molecule has 5 heteroatoms. The van der Waals surface area contributed by atoms with Gasteiger partial charge < -0.3 is 16.0 Å². The Morgan fingerprint density at radius 3 is 2.52 bits per heavy atom. The van der Waals surface area contributed by atoms with Crippen molar-refractivity contribution in [1.82, 2.24) is 4.90 Å².